The summed E-state index contributed by atoms with van der Waals surface area (Å²) in [7, 11) is 1.64. The summed E-state index contributed by atoms with van der Waals surface area (Å²) in [6.07, 6.45) is 5.27. The number of rotatable bonds is 6. The minimum atomic E-state index is 0.388. The molecule has 0 atom stereocenters. The number of aryl methyl sites for hydroxylation is 3. The molecular formula is C17H19N5O. The van der Waals surface area contributed by atoms with Gasteiger partial charge in [-0.15, -0.1) is 5.10 Å². The van der Waals surface area contributed by atoms with Crippen LogP contribution in [0.5, 0.6) is 0 Å². The van der Waals surface area contributed by atoms with Crippen LogP contribution in [-0.2, 0) is 24.2 Å². The first-order valence-corrected chi connectivity index (χ1v) is 7.53. The summed E-state index contributed by atoms with van der Waals surface area (Å²) in [6.45, 7) is 2.35. The quantitative estimate of drug-likeness (QED) is 0.699. The number of pyridine rings is 2. The molecule has 23 heavy (non-hydrogen) atoms. The van der Waals surface area contributed by atoms with E-state index in [1.54, 1.807) is 18.0 Å². The van der Waals surface area contributed by atoms with Crippen molar-refractivity contribution >= 4 is 0 Å². The molecule has 0 amide bonds. The Hall–Kier alpha value is -2.60. The van der Waals surface area contributed by atoms with E-state index in [4.69, 9.17) is 4.74 Å². The van der Waals surface area contributed by atoms with Gasteiger partial charge in [-0.1, -0.05) is 12.1 Å². The second-order valence-electron chi connectivity index (χ2n) is 5.29. The van der Waals surface area contributed by atoms with Crippen LogP contribution in [0, 0.1) is 6.92 Å². The highest BCUT2D eigenvalue weighted by Crippen LogP contribution is 2.12. The lowest BCUT2D eigenvalue weighted by Gasteiger charge is -2.05. The lowest BCUT2D eigenvalue weighted by molar-refractivity contribution is 0.178. The zero-order chi connectivity index (χ0) is 16.1. The summed E-state index contributed by atoms with van der Waals surface area (Å²) in [4.78, 5) is 13.3. The van der Waals surface area contributed by atoms with Gasteiger partial charge in [0.05, 0.1) is 0 Å². The van der Waals surface area contributed by atoms with Crippen molar-refractivity contribution in [1.82, 2.24) is 24.7 Å². The van der Waals surface area contributed by atoms with Gasteiger partial charge in [0.2, 0.25) is 0 Å². The van der Waals surface area contributed by atoms with Crippen LogP contribution in [0.15, 0.2) is 42.7 Å². The Balaban J connectivity index is 1.88. The number of nitrogens with zero attached hydrogens (tertiary/aromatic N) is 5. The number of hydrogen-bond donors (Lipinski definition) is 0. The maximum absolute atomic E-state index is 5.15. The van der Waals surface area contributed by atoms with Crippen molar-refractivity contribution in [2.45, 2.75) is 26.4 Å². The Morgan fingerprint density at radius 1 is 1.09 bits per heavy atom. The van der Waals surface area contributed by atoms with Gasteiger partial charge in [0, 0.05) is 31.6 Å². The topological polar surface area (TPSA) is 65.7 Å². The first-order valence-electron chi connectivity index (χ1n) is 7.53. The fraction of sp³-hybridized carbons (Fsp3) is 0.294. The largest absolute Gasteiger partial charge is 0.377 e. The highest BCUT2D eigenvalue weighted by Gasteiger charge is 2.13. The van der Waals surface area contributed by atoms with E-state index in [9.17, 15) is 0 Å². The molecule has 0 N–H and O–H groups in total. The molecule has 0 aliphatic carbocycles. The van der Waals surface area contributed by atoms with Crippen molar-refractivity contribution in [2.75, 3.05) is 7.11 Å². The molecule has 0 aliphatic heterocycles. The van der Waals surface area contributed by atoms with E-state index < -0.39 is 0 Å². The van der Waals surface area contributed by atoms with Crippen LogP contribution in [0.4, 0.5) is 0 Å². The molecule has 0 unspecified atom stereocenters. The standard InChI is InChI=1S/C17H19N5O/c1-13-5-3-7-16(19-13)22-17(20-15(21-22)12-23-2)9-8-14-6-4-10-18-11-14/h3-7,10-11H,8-9,12H2,1-2H3. The first kappa shape index (κ1) is 15.3. The van der Waals surface area contributed by atoms with Crippen molar-refractivity contribution in [2.24, 2.45) is 0 Å². The Labute approximate surface area is 135 Å². The predicted molar refractivity (Wildman–Crippen MR) is 86.2 cm³/mol. The molecule has 0 saturated heterocycles. The third kappa shape index (κ3) is 3.78. The summed E-state index contributed by atoms with van der Waals surface area (Å²) in [5.74, 6) is 2.32. The second kappa shape index (κ2) is 7.11. The third-order valence-corrected chi connectivity index (χ3v) is 3.44. The molecule has 6 nitrogen and oxygen atoms in total. The molecule has 3 heterocycles. The van der Waals surface area contributed by atoms with E-state index in [1.807, 2.05) is 37.4 Å². The van der Waals surface area contributed by atoms with Crippen molar-refractivity contribution < 1.29 is 4.74 Å². The fourth-order valence-corrected chi connectivity index (χ4v) is 2.38. The van der Waals surface area contributed by atoms with Gasteiger partial charge >= 0.3 is 0 Å². The zero-order valence-corrected chi connectivity index (χ0v) is 13.3. The Bertz CT molecular complexity index is 770. The van der Waals surface area contributed by atoms with Gasteiger partial charge in [-0.3, -0.25) is 4.98 Å². The summed E-state index contributed by atoms with van der Waals surface area (Å²) in [6, 6.07) is 9.88. The van der Waals surface area contributed by atoms with Crippen LogP contribution in [0.3, 0.4) is 0 Å². The monoisotopic (exact) mass is 309 g/mol. The van der Waals surface area contributed by atoms with Crippen molar-refractivity contribution in [3.63, 3.8) is 0 Å². The third-order valence-electron chi connectivity index (χ3n) is 3.44. The van der Waals surface area contributed by atoms with E-state index in [0.717, 1.165) is 30.2 Å². The average Bonchev–Trinajstić information content (AvgIpc) is 2.97. The lowest BCUT2D eigenvalue weighted by atomic mass is 10.1. The molecule has 0 radical (unpaired) electrons. The van der Waals surface area contributed by atoms with Crippen LogP contribution < -0.4 is 0 Å². The van der Waals surface area contributed by atoms with Gasteiger partial charge in [0.25, 0.3) is 0 Å². The van der Waals surface area contributed by atoms with E-state index in [-0.39, 0.29) is 0 Å². The highest BCUT2D eigenvalue weighted by atomic mass is 16.5. The van der Waals surface area contributed by atoms with Gasteiger partial charge in [0.15, 0.2) is 11.6 Å². The van der Waals surface area contributed by atoms with Crippen LogP contribution in [-0.4, -0.2) is 31.8 Å². The lowest BCUT2D eigenvalue weighted by Crippen LogP contribution is -2.07. The molecular weight excluding hydrogens is 290 g/mol. The fourth-order valence-electron chi connectivity index (χ4n) is 2.38. The Morgan fingerprint density at radius 2 is 2.00 bits per heavy atom. The first-order chi connectivity index (χ1) is 11.3. The Morgan fingerprint density at radius 3 is 2.74 bits per heavy atom. The summed E-state index contributed by atoms with van der Waals surface area (Å²) in [5, 5.41) is 4.53. The van der Waals surface area contributed by atoms with Crippen molar-refractivity contribution in [3.05, 3.63) is 65.6 Å². The molecule has 0 aromatic carbocycles. The number of methoxy groups -OCH3 is 1. The van der Waals surface area contributed by atoms with Crippen molar-refractivity contribution in [3.8, 4) is 5.82 Å². The molecule has 0 aliphatic rings. The van der Waals surface area contributed by atoms with Crippen LogP contribution in [0.1, 0.15) is 22.9 Å². The molecule has 3 rings (SSSR count). The number of aromatic nitrogens is 5. The Kier molecular flexibility index (Phi) is 4.73. The van der Waals surface area contributed by atoms with Crippen LogP contribution in [0.25, 0.3) is 5.82 Å². The molecule has 6 heteroatoms. The van der Waals surface area contributed by atoms with E-state index in [0.29, 0.717) is 12.4 Å². The number of hydrogen-bond acceptors (Lipinski definition) is 5. The molecule has 118 valence electrons. The smallest absolute Gasteiger partial charge is 0.177 e. The predicted octanol–water partition coefficient (Wildman–Crippen LogP) is 2.30. The molecule has 0 saturated carbocycles. The molecule has 0 spiro atoms. The molecule has 3 aromatic heterocycles. The van der Waals surface area contributed by atoms with Gasteiger partial charge in [0.1, 0.15) is 12.4 Å². The minimum absolute atomic E-state index is 0.388. The number of ether oxygens (including phenoxy) is 1. The van der Waals surface area contributed by atoms with Gasteiger partial charge in [-0.2, -0.15) is 4.68 Å². The summed E-state index contributed by atoms with van der Waals surface area (Å²) in [5.41, 5.74) is 2.12. The average molecular weight is 309 g/mol. The normalized spacial score (nSPS) is 10.9. The summed E-state index contributed by atoms with van der Waals surface area (Å²) >= 11 is 0. The van der Waals surface area contributed by atoms with Crippen LogP contribution in [0.2, 0.25) is 0 Å². The van der Waals surface area contributed by atoms with Gasteiger partial charge in [-0.05, 0) is 37.1 Å². The van der Waals surface area contributed by atoms with Crippen LogP contribution >= 0.6 is 0 Å². The van der Waals surface area contributed by atoms with Gasteiger partial charge in [-0.25, -0.2) is 9.97 Å². The maximum atomic E-state index is 5.15. The zero-order valence-electron chi connectivity index (χ0n) is 13.3. The SMILES string of the molecule is COCc1nc(CCc2cccnc2)n(-c2cccc(C)n2)n1. The van der Waals surface area contributed by atoms with E-state index in [1.165, 1.54) is 5.56 Å². The highest BCUT2D eigenvalue weighted by molar-refractivity contribution is 5.25. The second-order valence-corrected chi connectivity index (χ2v) is 5.29. The molecule has 3 aromatic rings. The summed E-state index contributed by atoms with van der Waals surface area (Å²) < 4.78 is 6.95. The van der Waals surface area contributed by atoms with Crippen molar-refractivity contribution in [1.29, 1.82) is 0 Å². The minimum Gasteiger partial charge on any atom is -0.377 e. The molecule has 0 fully saturated rings. The van der Waals surface area contributed by atoms with E-state index >= 15 is 0 Å². The van der Waals surface area contributed by atoms with Gasteiger partial charge < -0.3 is 4.74 Å². The maximum Gasteiger partial charge on any atom is 0.177 e. The van der Waals surface area contributed by atoms with E-state index in [2.05, 4.69) is 26.1 Å². The molecule has 0 bridgehead atoms.